The van der Waals surface area contributed by atoms with Crippen molar-refractivity contribution in [3.05, 3.63) is 29.3 Å². The van der Waals surface area contributed by atoms with E-state index in [0.29, 0.717) is 6.04 Å². The molecule has 0 amide bonds. The van der Waals surface area contributed by atoms with Gasteiger partial charge < -0.3 is 10.6 Å². The van der Waals surface area contributed by atoms with Gasteiger partial charge in [0, 0.05) is 37.4 Å². The van der Waals surface area contributed by atoms with Gasteiger partial charge in [-0.05, 0) is 49.8 Å². The molecule has 108 valence electrons. The highest BCUT2D eigenvalue weighted by Crippen LogP contribution is 2.29. The maximum Gasteiger partial charge on any atom is 0.0418 e. The van der Waals surface area contributed by atoms with Crippen molar-refractivity contribution in [2.45, 2.75) is 50.7 Å². The Morgan fingerprint density at radius 1 is 1.20 bits per heavy atom. The van der Waals surface area contributed by atoms with Crippen LogP contribution in [0.3, 0.4) is 0 Å². The number of hydrogen-bond donors (Lipinski definition) is 2. The topological polar surface area (TPSA) is 27.3 Å². The summed E-state index contributed by atoms with van der Waals surface area (Å²) in [7, 11) is 0. The first-order valence-electron chi connectivity index (χ1n) is 8.24. The van der Waals surface area contributed by atoms with E-state index in [0.717, 1.165) is 19.1 Å². The number of nitrogens with one attached hydrogen (secondary N) is 2. The summed E-state index contributed by atoms with van der Waals surface area (Å²) >= 11 is 0. The van der Waals surface area contributed by atoms with Crippen LogP contribution in [0.2, 0.25) is 0 Å². The van der Waals surface area contributed by atoms with Gasteiger partial charge in [-0.3, -0.25) is 4.90 Å². The Morgan fingerprint density at radius 2 is 2.20 bits per heavy atom. The van der Waals surface area contributed by atoms with Crippen LogP contribution in [-0.4, -0.2) is 36.6 Å². The van der Waals surface area contributed by atoms with Crippen LogP contribution in [0.25, 0.3) is 0 Å². The lowest BCUT2D eigenvalue weighted by Crippen LogP contribution is -2.38. The molecule has 0 aliphatic carbocycles. The second-order valence-electron chi connectivity index (χ2n) is 6.50. The summed E-state index contributed by atoms with van der Waals surface area (Å²) in [5.41, 5.74) is 4.37. The molecule has 1 aromatic carbocycles. The molecule has 1 aromatic rings. The molecule has 2 N–H and O–H groups in total. The van der Waals surface area contributed by atoms with E-state index in [1.165, 1.54) is 62.0 Å². The third-order valence-electron chi connectivity index (χ3n) is 5.32. The number of aryl methyl sites for hydroxylation is 1. The minimum absolute atomic E-state index is 0.706. The predicted octanol–water partition coefficient (Wildman–Crippen LogP) is 2.37. The fourth-order valence-corrected chi connectivity index (χ4v) is 4.29. The highest BCUT2D eigenvalue weighted by molar-refractivity contribution is 5.59. The Kier molecular flexibility index (Phi) is 3.41. The highest BCUT2D eigenvalue weighted by Gasteiger charge is 2.36. The third kappa shape index (κ3) is 2.23. The monoisotopic (exact) mass is 271 g/mol. The molecule has 0 bridgehead atoms. The summed E-state index contributed by atoms with van der Waals surface area (Å²) in [5.74, 6) is 0. The Bertz CT molecular complexity index is 485. The quantitative estimate of drug-likeness (QED) is 0.884. The van der Waals surface area contributed by atoms with E-state index in [1.807, 2.05) is 0 Å². The van der Waals surface area contributed by atoms with Gasteiger partial charge in [-0.15, -0.1) is 0 Å². The smallest absolute Gasteiger partial charge is 0.0418 e. The van der Waals surface area contributed by atoms with Gasteiger partial charge >= 0.3 is 0 Å². The van der Waals surface area contributed by atoms with Crippen molar-refractivity contribution < 1.29 is 0 Å². The van der Waals surface area contributed by atoms with Crippen LogP contribution in [0.1, 0.15) is 36.8 Å². The fourth-order valence-electron chi connectivity index (χ4n) is 4.29. The number of para-hydroxylation sites is 1. The Labute approximate surface area is 121 Å². The molecule has 2 saturated heterocycles. The number of anilines is 1. The number of fused-ring (bicyclic) bond motifs is 2. The average molecular weight is 271 g/mol. The van der Waals surface area contributed by atoms with Crippen LogP contribution in [0.15, 0.2) is 18.2 Å². The van der Waals surface area contributed by atoms with Crippen LogP contribution in [-0.2, 0) is 13.0 Å². The van der Waals surface area contributed by atoms with Crippen LogP contribution in [0.4, 0.5) is 5.69 Å². The molecule has 3 nitrogen and oxygen atoms in total. The zero-order valence-corrected chi connectivity index (χ0v) is 12.2. The zero-order chi connectivity index (χ0) is 13.4. The molecule has 3 heterocycles. The SMILES string of the molecule is c1cc2c(c(CNC3CCN4CCCC34)c1)NCCC2. The van der Waals surface area contributed by atoms with Gasteiger partial charge in [-0.25, -0.2) is 0 Å². The third-order valence-corrected chi connectivity index (χ3v) is 5.32. The Morgan fingerprint density at radius 3 is 3.20 bits per heavy atom. The van der Waals surface area contributed by atoms with Gasteiger partial charge in [-0.2, -0.15) is 0 Å². The molecule has 2 fully saturated rings. The summed E-state index contributed by atoms with van der Waals surface area (Å²) in [6, 6.07) is 8.30. The van der Waals surface area contributed by atoms with Crippen molar-refractivity contribution in [1.29, 1.82) is 0 Å². The largest absolute Gasteiger partial charge is 0.385 e. The van der Waals surface area contributed by atoms with Crippen molar-refractivity contribution in [1.82, 2.24) is 10.2 Å². The predicted molar refractivity (Wildman–Crippen MR) is 83.1 cm³/mol. The van der Waals surface area contributed by atoms with Crippen LogP contribution < -0.4 is 10.6 Å². The lowest BCUT2D eigenvalue weighted by atomic mass is 9.99. The summed E-state index contributed by atoms with van der Waals surface area (Å²) in [6.07, 6.45) is 6.61. The van der Waals surface area contributed by atoms with Crippen LogP contribution >= 0.6 is 0 Å². The molecular formula is C17H25N3. The van der Waals surface area contributed by atoms with E-state index in [1.54, 1.807) is 0 Å². The maximum absolute atomic E-state index is 3.84. The molecule has 3 heteroatoms. The molecule has 0 spiro atoms. The Balaban J connectivity index is 1.45. The number of benzene rings is 1. The minimum atomic E-state index is 0.706. The second-order valence-corrected chi connectivity index (χ2v) is 6.50. The van der Waals surface area contributed by atoms with E-state index >= 15 is 0 Å². The number of rotatable bonds is 3. The molecule has 3 aliphatic heterocycles. The van der Waals surface area contributed by atoms with Gasteiger partial charge in [0.05, 0.1) is 0 Å². The fraction of sp³-hybridized carbons (Fsp3) is 0.647. The molecule has 3 aliphatic rings. The van der Waals surface area contributed by atoms with E-state index in [2.05, 4.69) is 33.7 Å². The maximum atomic E-state index is 3.84. The number of hydrogen-bond acceptors (Lipinski definition) is 3. The van der Waals surface area contributed by atoms with Crippen molar-refractivity contribution in [3.8, 4) is 0 Å². The van der Waals surface area contributed by atoms with Gasteiger partial charge in [0.15, 0.2) is 0 Å². The normalized spacial score (nSPS) is 29.0. The molecule has 0 radical (unpaired) electrons. The summed E-state index contributed by atoms with van der Waals surface area (Å²) in [4.78, 5) is 2.68. The van der Waals surface area contributed by atoms with E-state index in [9.17, 15) is 0 Å². The first-order valence-corrected chi connectivity index (χ1v) is 8.24. The second kappa shape index (κ2) is 5.38. The summed E-state index contributed by atoms with van der Waals surface area (Å²) in [6.45, 7) is 4.77. The molecule has 2 atom stereocenters. The lowest BCUT2D eigenvalue weighted by Gasteiger charge is -2.24. The Hall–Kier alpha value is -1.06. The van der Waals surface area contributed by atoms with Gasteiger partial charge in [0.25, 0.3) is 0 Å². The average Bonchev–Trinajstić information content (AvgIpc) is 3.09. The lowest BCUT2D eigenvalue weighted by molar-refractivity contribution is 0.298. The zero-order valence-electron chi connectivity index (χ0n) is 12.2. The van der Waals surface area contributed by atoms with E-state index < -0.39 is 0 Å². The molecular weight excluding hydrogens is 246 g/mol. The molecule has 0 saturated carbocycles. The van der Waals surface area contributed by atoms with E-state index in [4.69, 9.17) is 0 Å². The van der Waals surface area contributed by atoms with E-state index in [-0.39, 0.29) is 0 Å². The first kappa shape index (κ1) is 12.7. The highest BCUT2D eigenvalue weighted by atomic mass is 15.2. The van der Waals surface area contributed by atoms with Crippen molar-refractivity contribution in [2.24, 2.45) is 0 Å². The number of nitrogens with zero attached hydrogens (tertiary/aromatic N) is 1. The summed E-state index contributed by atoms with van der Waals surface area (Å²) < 4.78 is 0. The summed E-state index contributed by atoms with van der Waals surface area (Å²) in [5, 5.41) is 7.44. The van der Waals surface area contributed by atoms with Crippen molar-refractivity contribution in [3.63, 3.8) is 0 Å². The van der Waals surface area contributed by atoms with Crippen LogP contribution in [0.5, 0.6) is 0 Å². The van der Waals surface area contributed by atoms with Gasteiger partial charge in [-0.1, -0.05) is 18.2 Å². The van der Waals surface area contributed by atoms with Crippen LogP contribution in [0, 0.1) is 0 Å². The molecule has 0 aromatic heterocycles. The van der Waals surface area contributed by atoms with Crippen molar-refractivity contribution >= 4 is 5.69 Å². The molecule has 2 unspecified atom stereocenters. The van der Waals surface area contributed by atoms with Gasteiger partial charge in [0.2, 0.25) is 0 Å². The van der Waals surface area contributed by atoms with Crippen molar-refractivity contribution in [2.75, 3.05) is 25.0 Å². The van der Waals surface area contributed by atoms with Gasteiger partial charge in [0.1, 0.15) is 0 Å². The standard InChI is InChI=1S/C17H25N3/c1-4-13-6-2-9-18-17(13)14(5-1)12-19-15-8-11-20-10-3-7-16(15)20/h1,4-5,15-16,18-19H,2-3,6-12H2. The minimum Gasteiger partial charge on any atom is -0.385 e. The first-order chi connectivity index (χ1) is 9.92. The molecule has 20 heavy (non-hydrogen) atoms. The molecule has 4 rings (SSSR count).